The van der Waals surface area contributed by atoms with E-state index in [0.717, 1.165) is 28.1 Å². The van der Waals surface area contributed by atoms with Gasteiger partial charge >= 0.3 is 0 Å². The number of hydrogen-bond acceptors (Lipinski definition) is 2. The van der Waals surface area contributed by atoms with Crippen molar-refractivity contribution in [2.24, 2.45) is 0 Å². The molecule has 0 saturated heterocycles. The predicted molar refractivity (Wildman–Crippen MR) is 86.6 cm³/mol. The van der Waals surface area contributed by atoms with Crippen molar-refractivity contribution >= 4 is 17.7 Å². The number of anilines is 1. The molecule has 2 aromatic carbocycles. The van der Waals surface area contributed by atoms with Crippen LogP contribution in [0.3, 0.4) is 0 Å². The van der Waals surface area contributed by atoms with E-state index in [1.807, 2.05) is 56.3 Å². The fourth-order valence-electron chi connectivity index (χ4n) is 1.95. The highest BCUT2D eigenvalue weighted by atomic mass is 16.5. The molecular weight excluding hydrogens is 262 g/mol. The van der Waals surface area contributed by atoms with Gasteiger partial charge in [-0.05, 0) is 54.8 Å². The molecule has 0 heterocycles. The number of carbonyl (C=O) groups excluding carboxylic acids is 1. The molecular formula is C18H19NO2. The van der Waals surface area contributed by atoms with E-state index in [1.165, 1.54) is 6.08 Å². The van der Waals surface area contributed by atoms with Gasteiger partial charge in [-0.3, -0.25) is 4.79 Å². The average molecular weight is 281 g/mol. The van der Waals surface area contributed by atoms with Gasteiger partial charge in [0.05, 0.1) is 7.11 Å². The summed E-state index contributed by atoms with van der Waals surface area (Å²) in [6, 6.07) is 13.4. The van der Waals surface area contributed by atoms with Gasteiger partial charge < -0.3 is 10.1 Å². The number of carbonyl (C=O) groups is 1. The molecule has 0 fully saturated rings. The smallest absolute Gasteiger partial charge is 0.248 e. The molecule has 21 heavy (non-hydrogen) atoms. The lowest BCUT2D eigenvalue weighted by atomic mass is 10.1. The first-order chi connectivity index (χ1) is 10.1. The number of amides is 1. The van der Waals surface area contributed by atoms with Crippen LogP contribution in [0.2, 0.25) is 0 Å². The summed E-state index contributed by atoms with van der Waals surface area (Å²) in [6.07, 6.45) is 3.31. The Morgan fingerprint density at radius 2 is 1.81 bits per heavy atom. The average Bonchev–Trinajstić information content (AvgIpc) is 2.50. The molecule has 0 bridgehead atoms. The van der Waals surface area contributed by atoms with E-state index in [1.54, 1.807) is 13.2 Å². The van der Waals surface area contributed by atoms with Gasteiger partial charge in [-0.15, -0.1) is 0 Å². The topological polar surface area (TPSA) is 38.3 Å². The number of ether oxygens (including phenoxy) is 1. The van der Waals surface area contributed by atoms with E-state index in [0.29, 0.717) is 0 Å². The third-order valence-electron chi connectivity index (χ3n) is 3.41. The van der Waals surface area contributed by atoms with Gasteiger partial charge in [0, 0.05) is 11.8 Å². The van der Waals surface area contributed by atoms with Crippen molar-refractivity contribution < 1.29 is 9.53 Å². The summed E-state index contributed by atoms with van der Waals surface area (Å²) in [6.45, 7) is 4.02. The summed E-state index contributed by atoms with van der Waals surface area (Å²) in [5.41, 5.74) is 4.04. The van der Waals surface area contributed by atoms with E-state index >= 15 is 0 Å². The summed E-state index contributed by atoms with van der Waals surface area (Å²) in [5, 5.41) is 2.89. The number of rotatable bonds is 4. The largest absolute Gasteiger partial charge is 0.497 e. The summed E-state index contributed by atoms with van der Waals surface area (Å²) in [7, 11) is 1.63. The van der Waals surface area contributed by atoms with Crippen LogP contribution < -0.4 is 10.1 Å². The summed E-state index contributed by atoms with van der Waals surface area (Å²) >= 11 is 0. The van der Waals surface area contributed by atoms with Crippen molar-refractivity contribution in [1.29, 1.82) is 0 Å². The monoisotopic (exact) mass is 281 g/mol. The highest BCUT2D eigenvalue weighted by molar-refractivity contribution is 6.02. The van der Waals surface area contributed by atoms with Crippen LogP contribution in [0, 0.1) is 13.8 Å². The molecule has 0 aliphatic carbocycles. The van der Waals surface area contributed by atoms with Gasteiger partial charge in [-0.1, -0.05) is 24.3 Å². The van der Waals surface area contributed by atoms with Gasteiger partial charge in [0.25, 0.3) is 0 Å². The van der Waals surface area contributed by atoms with Crippen molar-refractivity contribution in [2.45, 2.75) is 13.8 Å². The summed E-state index contributed by atoms with van der Waals surface area (Å²) < 4.78 is 5.09. The van der Waals surface area contributed by atoms with Crippen LogP contribution in [0.5, 0.6) is 5.75 Å². The van der Waals surface area contributed by atoms with Gasteiger partial charge in [-0.2, -0.15) is 0 Å². The van der Waals surface area contributed by atoms with Crippen molar-refractivity contribution in [3.05, 3.63) is 65.2 Å². The zero-order valence-corrected chi connectivity index (χ0v) is 12.5. The maximum absolute atomic E-state index is 11.9. The number of aryl methyl sites for hydroxylation is 1. The van der Waals surface area contributed by atoms with Crippen LogP contribution >= 0.6 is 0 Å². The van der Waals surface area contributed by atoms with E-state index in [9.17, 15) is 4.79 Å². The summed E-state index contributed by atoms with van der Waals surface area (Å²) in [5.74, 6) is 0.659. The van der Waals surface area contributed by atoms with E-state index < -0.39 is 0 Å². The van der Waals surface area contributed by atoms with Crippen LogP contribution in [0.1, 0.15) is 16.7 Å². The third kappa shape index (κ3) is 3.96. The number of hydrogen-bond donors (Lipinski definition) is 1. The Balaban J connectivity index is 2.03. The first-order valence-corrected chi connectivity index (χ1v) is 6.79. The van der Waals surface area contributed by atoms with Gasteiger partial charge in [0.2, 0.25) is 5.91 Å². The van der Waals surface area contributed by atoms with Crippen LogP contribution in [0.25, 0.3) is 6.08 Å². The number of benzene rings is 2. The number of nitrogens with one attached hydrogen (secondary N) is 1. The predicted octanol–water partition coefficient (Wildman–Crippen LogP) is 3.96. The Hall–Kier alpha value is -2.55. The van der Waals surface area contributed by atoms with Gasteiger partial charge in [-0.25, -0.2) is 0 Å². The molecule has 0 radical (unpaired) electrons. The van der Waals surface area contributed by atoms with Gasteiger partial charge in [0.1, 0.15) is 5.75 Å². The minimum Gasteiger partial charge on any atom is -0.497 e. The third-order valence-corrected chi connectivity index (χ3v) is 3.41. The molecule has 3 heteroatoms. The lowest BCUT2D eigenvalue weighted by molar-refractivity contribution is -0.111. The van der Waals surface area contributed by atoms with E-state index in [4.69, 9.17) is 4.74 Å². The lowest BCUT2D eigenvalue weighted by Gasteiger charge is -2.08. The SMILES string of the molecule is COc1ccc(/C=C/C(=O)Nc2cccc(C)c2C)cc1. The maximum atomic E-state index is 11.9. The van der Waals surface area contributed by atoms with Crippen molar-refractivity contribution in [2.75, 3.05) is 12.4 Å². The minimum absolute atomic E-state index is 0.139. The Kier molecular flexibility index (Phi) is 4.77. The summed E-state index contributed by atoms with van der Waals surface area (Å²) in [4.78, 5) is 11.9. The van der Waals surface area contributed by atoms with Crippen molar-refractivity contribution in [3.63, 3.8) is 0 Å². The Morgan fingerprint density at radius 1 is 1.10 bits per heavy atom. The van der Waals surface area contributed by atoms with Crippen LogP contribution in [-0.2, 0) is 4.79 Å². The maximum Gasteiger partial charge on any atom is 0.248 e. The highest BCUT2D eigenvalue weighted by Gasteiger charge is 2.03. The molecule has 1 amide bonds. The van der Waals surface area contributed by atoms with Gasteiger partial charge in [0.15, 0.2) is 0 Å². The molecule has 3 nitrogen and oxygen atoms in total. The second-order valence-corrected chi connectivity index (χ2v) is 4.84. The number of methoxy groups -OCH3 is 1. The zero-order valence-electron chi connectivity index (χ0n) is 12.5. The first kappa shape index (κ1) is 14.9. The Morgan fingerprint density at radius 3 is 2.48 bits per heavy atom. The molecule has 2 aromatic rings. The fourth-order valence-corrected chi connectivity index (χ4v) is 1.95. The molecule has 0 aliphatic heterocycles. The first-order valence-electron chi connectivity index (χ1n) is 6.79. The molecule has 2 rings (SSSR count). The Bertz CT molecular complexity index is 657. The molecule has 0 spiro atoms. The molecule has 0 unspecified atom stereocenters. The van der Waals surface area contributed by atoms with Crippen LogP contribution in [0.15, 0.2) is 48.5 Å². The van der Waals surface area contributed by atoms with E-state index in [2.05, 4.69) is 5.32 Å². The van der Waals surface area contributed by atoms with Crippen LogP contribution in [0.4, 0.5) is 5.69 Å². The fraction of sp³-hybridized carbons (Fsp3) is 0.167. The van der Waals surface area contributed by atoms with Crippen molar-refractivity contribution in [3.8, 4) is 5.75 Å². The molecule has 0 saturated carbocycles. The molecule has 108 valence electrons. The zero-order chi connectivity index (χ0) is 15.2. The highest BCUT2D eigenvalue weighted by Crippen LogP contribution is 2.18. The quantitative estimate of drug-likeness (QED) is 0.861. The standard InChI is InChI=1S/C18H19NO2/c1-13-5-4-6-17(14(13)2)19-18(20)12-9-15-7-10-16(21-3)11-8-15/h4-12H,1-3H3,(H,19,20)/b12-9+. The van der Waals surface area contributed by atoms with E-state index in [-0.39, 0.29) is 5.91 Å². The molecule has 0 aromatic heterocycles. The van der Waals surface area contributed by atoms with Crippen molar-refractivity contribution in [1.82, 2.24) is 0 Å². The second kappa shape index (κ2) is 6.75. The molecule has 0 aliphatic rings. The normalized spacial score (nSPS) is 10.6. The lowest BCUT2D eigenvalue weighted by Crippen LogP contribution is -2.09. The molecule has 1 N–H and O–H groups in total. The Labute approximate surface area is 125 Å². The molecule has 0 atom stereocenters. The second-order valence-electron chi connectivity index (χ2n) is 4.84. The minimum atomic E-state index is -0.139. The van der Waals surface area contributed by atoms with Crippen LogP contribution in [-0.4, -0.2) is 13.0 Å².